The smallest absolute Gasteiger partial charge is 0.244 e. The van der Waals surface area contributed by atoms with Gasteiger partial charge in [-0.15, -0.1) is 0 Å². The Hall–Kier alpha value is -2.83. The third kappa shape index (κ3) is 3.20. The van der Waals surface area contributed by atoms with Crippen molar-refractivity contribution in [1.82, 2.24) is 10.2 Å². The number of phenols is 1. The highest BCUT2D eigenvalue weighted by molar-refractivity contribution is 5.88. The number of carbonyl (C=O) groups excluding carboxylic acids is 1. The molecule has 7 rings (SSSR count). The number of benzene rings is 2. The van der Waals surface area contributed by atoms with Gasteiger partial charge >= 0.3 is 0 Å². The number of piperidine rings is 1. The zero-order valence-electron chi connectivity index (χ0n) is 20.5. The van der Waals surface area contributed by atoms with Gasteiger partial charge in [0.05, 0.1) is 17.1 Å². The number of carbonyl (C=O) groups is 1. The molecular weight excluding hydrogens is 452 g/mol. The van der Waals surface area contributed by atoms with Crippen LogP contribution < -0.4 is 10.1 Å². The molecule has 5 unspecified atom stereocenters. The van der Waals surface area contributed by atoms with E-state index in [9.17, 15) is 15.0 Å². The van der Waals surface area contributed by atoms with Crippen molar-refractivity contribution >= 4 is 5.91 Å². The van der Waals surface area contributed by atoms with E-state index in [1.54, 1.807) is 12.1 Å². The number of phenolic OH excluding ortho intramolecular Hbond substituents is 1. The quantitative estimate of drug-likeness (QED) is 0.546. The summed E-state index contributed by atoms with van der Waals surface area (Å²) in [6.45, 7) is 1.97. The van der Waals surface area contributed by atoms with Crippen LogP contribution in [0.25, 0.3) is 0 Å². The molecule has 2 heterocycles. The molecule has 36 heavy (non-hydrogen) atoms. The fourth-order valence-corrected chi connectivity index (χ4v) is 7.78. The molecule has 1 saturated heterocycles. The average molecular weight is 487 g/mol. The van der Waals surface area contributed by atoms with Gasteiger partial charge in [0.2, 0.25) is 5.91 Å². The summed E-state index contributed by atoms with van der Waals surface area (Å²) in [5, 5.41) is 26.4. The summed E-state index contributed by atoms with van der Waals surface area (Å²) in [4.78, 5) is 15.5. The summed E-state index contributed by atoms with van der Waals surface area (Å²) in [7, 11) is 0. The van der Waals surface area contributed by atoms with Crippen molar-refractivity contribution in [2.45, 2.75) is 74.1 Å². The second-order valence-corrected chi connectivity index (χ2v) is 11.5. The van der Waals surface area contributed by atoms with E-state index in [-0.39, 0.29) is 23.7 Å². The summed E-state index contributed by atoms with van der Waals surface area (Å²) in [5.74, 6) is 1.27. The summed E-state index contributed by atoms with van der Waals surface area (Å²) < 4.78 is 6.52. The van der Waals surface area contributed by atoms with Crippen molar-refractivity contribution in [2.24, 2.45) is 5.92 Å². The first-order chi connectivity index (χ1) is 17.5. The zero-order chi connectivity index (χ0) is 24.5. The lowest BCUT2D eigenvalue weighted by Gasteiger charge is -2.64. The number of allylic oxidation sites excluding steroid dienone is 1. The predicted molar refractivity (Wildman–Crippen MR) is 136 cm³/mol. The Morgan fingerprint density at radius 3 is 2.78 bits per heavy atom. The van der Waals surface area contributed by atoms with Crippen LogP contribution >= 0.6 is 0 Å². The van der Waals surface area contributed by atoms with Crippen molar-refractivity contribution in [3.8, 4) is 11.5 Å². The van der Waals surface area contributed by atoms with E-state index in [1.807, 2.05) is 42.5 Å². The van der Waals surface area contributed by atoms with E-state index in [0.717, 1.165) is 43.0 Å². The van der Waals surface area contributed by atoms with E-state index in [4.69, 9.17) is 4.74 Å². The van der Waals surface area contributed by atoms with Gasteiger partial charge in [0, 0.05) is 18.2 Å². The first-order valence-electron chi connectivity index (χ1n) is 13.5. The van der Waals surface area contributed by atoms with Gasteiger partial charge in [-0.05, 0) is 80.7 Å². The fourth-order valence-electron chi connectivity index (χ4n) is 7.78. The van der Waals surface area contributed by atoms with Crippen LogP contribution in [0, 0.1) is 5.92 Å². The molecule has 3 N–H and O–H groups in total. The lowest BCUT2D eigenvalue weighted by molar-refractivity contribution is -0.192. The lowest BCUT2D eigenvalue weighted by atomic mass is 9.48. The van der Waals surface area contributed by atoms with Crippen molar-refractivity contribution in [3.63, 3.8) is 0 Å². The van der Waals surface area contributed by atoms with Gasteiger partial charge in [0.1, 0.15) is 6.10 Å². The summed E-state index contributed by atoms with van der Waals surface area (Å²) in [5.41, 5.74) is 1.79. The van der Waals surface area contributed by atoms with Crippen LogP contribution in [0.15, 0.2) is 54.6 Å². The highest BCUT2D eigenvalue weighted by atomic mass is 16.5. The number of amides is 1. The minimum atomic E-state index is -0.929. The highest BCUT2D eigenvalue weighted by Crippen LogP contribution is 2.65. The van der Waals surface area contributed by atoms with Crippen LogP contribution in [-0.2, 0) is 23.1 Å². The molecule has 6 heteroatoms. The van der Waals surface area contributed by atoms with E-state index in [1.165, 1.54) is 18.4 Å². The molecule has 2 aromatic rings. The van der Waals surface area contributed by atoms with Crippen molar-refractivity contribution in [2.75, 3.05) is 13.1 Å². The number of nitrogens with one attached hydrogen (secondary N) is 1. The fraction of sp³-hybridized carbons (Fsp3) is 0.500. The van der Waals surface area contributed by atoms with Crippen LogP contribution in [0.2, 0.25) is 0 Å². The molecule has 1 spiro atoms. The number of hydrogen-bond donors (Lipinski definition) is 3. The number of ether oxygens (including phenoxy) is 1. The number of hydrogen-bond acceptors (Lipinski definition) is 5. The van der Waals surface area contributed by atoms with E-state index < -0.39 is 17.1 Å². The Bertz CT molecular complexity index is 1220. The highest BCUT2D eigenvalue weighted by Gasteiger charge is 2.73. The number of likely N-dealkylation sites (tertiary alicyclic amines) is 1. The minimum absolute atomic E-state index is 0.0448. The molecule has 3 fully saturated rings. The standard InChI is InChI=1S/C30H34N2O4/c33-23-12-11-21-17-24-30(35)14-13-22(31-25(34)8-4-7-19-5-2-1-3-6-19)28-29(30,26(21)27(23)36-28)15-16-32(24)18-20-9-10-20/h1-6,8,11-12,20,22,24,28,33,35H,7,9-10,13-18H2,(H,31,34)/b8-4+. The van der Waals surface area contributed by atoms with Gasteiger partial charge in [-0.1, -0.05) is 42.5 Å². The average Bonchev–Trinajstić information content (AvgIpc) is 3.61. The molecule has 2 aliphatic heterocycles. The van der Waals surface area contributed by atoms with E-state index in [0.29, 0.717) is 25.0 Å². The second-order valence-electron chi connectivity index (χ2n) is 11.5. The van der Waals surface area contributed by atoms with Crippen LogP contribution in [0.3, 0.4) is 0 Å². The van der Waals surface area contributed by atoms with Crippen molar-refractivity contribution < 1.29 is 19.7 Å². The molecule has 5 aliphatic rings. The first kappa shape index (κ1) is 22.4. The first-order valence-corrected chi connectivity index (χ1v) is 13.5. The predicted octanol–water partition coefficient (Wildman–Crippen LogP) is 3.24. The SMILES string of the molecule is O=C(/C=C/Cc1ccccc1)NC1CCC2(O)C3Cc4ccc(O)c5c4C2(CCN3CC2CC2)C1O5. The van der Waals surface area contributed by atoms with E-state index >= 15 is 0 Å². The number of nitrogens with zero attached hydrogens (tertiary/aromatic N) is 1. The Kier molecular flexibility index (Phi) is 5.03. The van der Waals surface area contributed by atoms with Gasteiger partial charge in [-0.25, -0.2) is 0 Å². The Morgan fingerprint density at radius 2 is 1.97 bits per heavy atom. The number of aromatic hydroxyl groups is 1. The molecule has 0 radical (unpaired) electrons. The van der Waals surface area contributed by atoms with Crippen LogP contribution in [0.1, 0.15) is 48.8 Å². The van der Waals surface area contributed by atoms with Crippen LogP contribution in [0.4, 0.5) is 0 Å². The molecule has 3 aliphatic carbocycles. The maximum absolute atomic E-state index is 12.9. The summed E-state index contributed by atoms with van der Waals surface area (Å²) in [6, 6.07) is 13.6. The maximum atomic E-state index is 12.9. The Morgan fingerprint density at radius 1 is 1.14 bits per heavy atom. The molecule has 2 bridgehead atoms. The third-order valence-electron chi connectivity index (χ3n) is 9.56. The molecule has 2 saturated carbocycles. The topological polar surface area (TPSA) is 82.0 Å². The van der Waals surface area contributed by atoms with Gasteiger partial charge in [-0.2, -0.15) is 0 Å². The van der Waals surface area contributed by atoms with Gasteiger partial charge in [0.25, 0.3) is 0 Å². The summed E-state index contributed by atoms with van der Waals surface area (Å²) in [6.07, 6.45) is 9.21. The van der Waals surface area contributed by atoms with Crippen molar-refractivity contribution in [1.29, 1.82) is 0 Å². The third-order valence-corrected chi connectivity index (χ3v) is 9.56. The lowest BCUT2D eigenvalue weighted by Crippen LogP contribution is -2.78. The molecule has 2 aromatic carbocycles. The molecule has 1 amide bonds. The maximum Gasteiger partial charge on any atom is 0.244 e. The minimum Gasteiger partial charge on any atom is -0.504 e. The normalized spacial score (nSPS) is 34.3. The Balaban J connectivity index is 1.19. The van der Waals surface area contributed by atoms with Gasteiger partial charge in [0.15, 0.2) is 11.5 Å². The zero-order valence-corrected chi connectivity index (χ0v) is 20.5. The number of aliphatic hydroxyl groups is 1. The number of rotatable bonds is 6. The molecule has 188 valence electrons. The molecule has 0 aromatic heterocycles. The molecular formula is C30H34N2O4. The Labute approximate surface area is 212 Å². The van der Waals surface area contributed by atoms with Crippen LogP contribution in [0.5, 0.6) is 11.5 Å². The van der Waals surface area contributed by atoms with Gasteiger partial charge < -0.3 is 20.3 Å². The summed E-state index contributed by atoms with van der Waals surface area (Å²) >= 11 is 0. The van der Waals surface area contributed by atoms with Crippen molar-refractivity contribution in [3.05, 3.63) is 71.3 Å². The molecule has 5 atom stereocenters. The largest absolute Gasteiger partial charge is 0.504 e. The van der Waals surface area contributed by atoms with Crippen LogP contribution in [-0.4, -0.2) is 57.9 Å². The van der Waals surface area contributed by atoms with E-state index in [2.05, 4.69) is 10.2 Å². The van der Waals surface area contributed by atoms with Gasteiger partial charge in [-0.3, -0.25) is 9.69 Å². The molecule has 6 nitrogen and oxygen atoms in total. The second kappa shape index (κ2) is 8.09. The monoisotopic (exact) mass is 486 g/mol.